The fourth-order valence-electron chi connectivity index (χ4n) is 5.86. The molecule has 0 saturated carbocycles. The third kappa shape index (κ3) is 14.8. The molecule has 0 aliphatic heterocycles. The van der Waals surface area contributed by atoms with Crippen LogP contribution in [0.1, 0.15) is 173 Å². The maximum Gasteiger partial charge on any atom is 0.0991 e. The number of para-hydroxylation sites is 1. The average Bonchev–Trinajstić information content (AvgIpc) is 3.46. The van der Waals surface area contributed by atoms with Crippen LogP contribution >= 0.6 is 0 Å². The highest BCUT2D eigenvalue weighted by atomic mass is 15.0. The quantitative estimate of drug-likeness (QED) is 0.122. The zero-order valence-electron chi connectivity index (χ0n) is 24.8. The van der Waals surface area contributed by atoms with Crippen molar-refractivity contribution in [1.82, 2.24) is 9.55 Å². The first-order valence-electron chi connectivity index (χ1n) is 16.4. The van der Waals surface area contributed by atoms with E-state index in [0.717, 1.165) is 0 Å². The van der Waals surface area contributed by atoms with Gasteiger partial charge in [0.05, 0.1) is 6.33 Å². The summed E-state index contributed by atoms with van der Waals surface area (Å²) in [7, 11) is 0. The molecule has 0 aliphatic rings. The van der Waals surface area contributed by atoms with Crippen molar-refractivity contribution >= 4 is 0 Å². The number of rotatable bonds is 25. The number of benzene rings is 1. The lowest BCUT2D eigenvalue weighted by Gasteiger charge is -2.21. The van der Waals surface area contributed by atoms with Gasteiger partial charge in [0, 0.05) is 18.1 Å². The highest BCUT2D eigenvalue weighted by Gasteiger charge is 2.16. The summed E-state index contributed by atoms with van der Waals surface area (Å²) in [5.41, 5.74) is 2.86. The summed E-state index contributed by atoms with van der Waals surface area (Å²) in [6, 6.07) is 9.08. The van der Waals surface area contributed by atoms with Crippen LogP contribution in [0, 0.1) is 0 Å². The SMILES string of the molecule is CCCCCCCCCCCCCCC(CCCCCCCCCCC)c1ccccc1-n1ccnc1. The van der Waals surface area contributed by atoms with E-state index < -0.39 is 0 Å². The summed E-state index contributed by atoms with van der Waals surface area (Å²) in [5.74, 6) is 0.672. The second kappa shape index (κ2) is 22.4. The first-order valence-corrected chi connectivity index (χ1v) is 16.4. The zero-order valence-corrected chi connectivity index (χ0v) is 24.8. The summed E-state index contributed by atoms with van der Waals surface area (Å²) in [4.78, 5) is 4.32. The maximum atomic E-state index is 4.32. The Bertz CT molecular complexity index is 735. The molecule has 2 nitrogen and oxygen atoms in total. The number of unbranched alkanes of at least 4 members (excludes halogenated alkanes) is 19. The summed E-state index contributed by atoms with van der Waals surface area (Å²) in [5, 5.41) is 0. The van der Waals surface area contributed by atoms with Gasteiger partial charge in [0.2, 0.25) is 0 Å². The van der Waals surface area contributed by atoms with Crippen LogP contribution in [0.25, 0.3) is 5.69 Å². The average molecular weight is 509 g/mol. The van der Waals surface area contributed by atoms with Gasteiger partial charge in [0.15, 0.2) is 0 Å². The van der Waals surface area contributed by atoms with Gasteiger partial charge < -0.3 is 4.57 Å². The fourth-order valence-corrected chi connectivity index (χ4v) is 5.86. The van der Waals surface area contributed by atoms with Crippen molar-refractivity contribution in [3.05, 3.63) is 48.5 Å². The molecule has 0 saturated heterocycles. The molecule has 0 spiro atoms. The van der Waals surface area contributed by atoms with Crippen LogP contribution in [0.15, 0.2) is 43.0 Å². The zero-order chi connectivity index (χ0) is 26.2. The first kappa shape index (κ1) is 31.6. The van der Waals surface area contributed by atoms with Crippen LogP contribution < -0.4 is 0 Å². The largest absolute Gasteiger partial charge is 0.306 e. The van der Waals surface area contributed by atoms with Gasteiger partial charge in [-0.05, 0) is 30.4 Å². The van der Waals surface area contributed by atoms with Crippen LogP contribution in [-0.4, -0.2) is 9.55 Å². The molecule has 0 bridgehead atoms. The predicted octanol–water partition coefficient (Wildman–Crippen LogP) is 12.0. The minimum atomic E-state index is 0.672. The molecule has 2 heteroatoms. The van der Waals surface area contributed by atoms with E-state index in [2.05, 4.69) is 53.9 Å². The van der Waals surface area contributed by atoms with Crippen molar-refractivity contribution in [2.45, 2.75) is 167 Å². The van der Waals surface area contributed by atoms with E-state index in [-0.39, 0.29) is 0 Å². The highest BCUT2D eigenvalue weighted by Crippen LogP contribution is 2.33. The molecule has 210 valence electrons. The fraction of sp³-hybridized carbons (Fsp3) is 0.743. The number of aromatic nitrogens is 2. The topological polar surface area (TPSA) is 17.8 Å². The molecule has 37 heavy (non-hydrogen) atoms. The van der Waals surface area contributed by atoms with Crippen molar-refractivity contribution in [3.8, 4) is 5.69 Å². The normalized spacial score (nSPS) is 12.3. The molecule has 1 aromatic heterocycles. The van der Waals surface area contributed by atoms with Crippen molar-refractivity contribution in [2.75, 3.05) is 0 Å². The van der Waals surface area contributed by atoms with E-state index >= 15 is 0 Å². The Morgan fingerprint density at radius 3 is 1.43 bits per heavy atom. The Hall–Kier alpha value is -1.57. The van der Waals surface area contributed by atoms with Crippen LogP contribution in [0.3, 0.4) is 0 Å². The minimum absolute atomic E-state index is 0.672. The Morgan fingerprint density at radius 2 is 1.00 bits per heavy atom. The van der Waals surface area contributed by atoms with Gasteiger partial charge in [0.1, 0.15) is 0 Å². The lowest BCUT2D eigenvalue weighted by atomic mass is 9.87. The number of hydrogen-bond donors (Lipinski definition) is 0. The van der Waals surface area contributed by atoms with Gasteiger partial charge in [-0.25, -0.2) is 4.98 Å². The van der Waals surface area contributed by atoms with E-state index in [1.165, 1.54) is 159 Å². The monoisotopic (exact) mass is 508 g/mol. The van der Waals surface area contributed by atoms with Crippen LogP contribution in [0.5, 0.6) is 0 Å². The van der Waals surface area contributed by atoms with Gasteiger partial charge in [-0.2, -0.15) is 0 Å². The molecule has 0 radical (unpaired) electrons. The minimum Gasteiger partial charge on any atom is -0.306 e. The van der Waals surface area contributed by atoms with Gasteiger partial charge in [-0.1, -0.05) is 167 Å². The lowest BCUT2D eigenvalue weighted by molar-refractivity contribution is 0.480. The predicted molar refractivity (Wildman–Crippen MR) is 164 cm³/mol. The van der Waals surface area contributed by atoms with Gasteiger partial charge in [0.25, 0.3) is 0 Å². The molecule has 0 aliphatic carbocycles. The summed E-state index contributed by atoms with van der Waals surface area (Å²) >= 11 is 0. The second-order valence-corrected chi connectivity index (χ2v) is 11.5. The molecule has 1 unspecified atom stereocenters. The molecule has 0 fully saturated rings. The van der Waals surface area contributed by atoms with Crippen molar-refractivity contribution in [1.29, 1.82) is 0 Å². The smallest absolute Gasteiger partial charge is 0.0991 e. The van der Waals surface area contributed by atoms with E-state index in [1.54, 1.807) is 0 Å². The molecule has 2 aromatic rings. The molecule has 1 aromatic carbocycles. The molecule has 0 N–H and O–H groups in total. The van der Waals surface area contributed by atoms with E-state index in [1.807, 2.05) is 12.5 Å². The number of hydrogen-bond acceptors (Lipinski definition) is 1. The van der Waals surface area contributed by atoms with E-state index in [0.29, 0.717) is 5.92 Å². The molecular weight excluding hydrogens is 448 g/mol. The van der Waals surface area contributed by atoms with Gasteiger partial charge in [-0.15, -0.1) is 0 Å². The Balaban J connectivity index is 1.72. The number of nitrogens with zero attached hydrogens (tertiary/aromatic N) is 2. The van der Waals surface area contributed by atoms with Crippen molar-refractivity contribution in [3.63, 3.8) is 0 Å². The Labute approximate surface area is 231 Å². The molecule has 1 atom stereocenters. The van der Waals surface area contributed by atoms with Gasteiger partial charge >= 0.3 is 0 Å². The van der Waals surface area contributed by atoms with E-state index in [4.69, 9.17) is 0 Å². The molecule has 2 rings (SSSR count). The standard InChI is InChI=1S/C35H60N2/c1-3-5-7-9-11-13-14-15-17-19-21-23-27-33(26-22-20-18-16-12-10-8-6-4-2)34-28-24-25-29-35(34)37-31-30-36-32-37/h24-25,28-33H,3-23,26-27H2,1-2H3. The van der Waals surface area contributed by atoms with Crippen LogP contribution in [0.2, 0.25) is 0 Å². The van der Waals surface area contributed by atoms with Crippen molar-refractivity contribution < 1.29 is 0 Å². The van der Waals surface area contributed by atoms with Crippen LogP contribution in [-0.2, 0) is 0 Å². The maximum absolute atomic E-state index is 4.32. The van der Waals surface area contributed by atoms with Gasteiger partial charge in [-0.3, -0.25) is 0 Å². The third-order valence-corrected chi connectivity index (χ3v) is 8.22. The molecular formula is C35H60N2. The second-order valence-electron chi connectivity index (χ2n) is 11.5. The molecule has 1 heterocycles. The van der Waals surface area contributed by atoms with Crippen LogP contribution in [0.4, 0.5) is 0 Å². The third-order valence-electron chi connectivity index (χ3n) is 8.22. The number of imidazole rings is 1. The lowest BCUT2D eigenvalue weighted by Crippen LogP contribution is -2.05. The Kier molecular flexibility index (Phi) is 19.2. The molecule has 0 amide bonds. The Morgan fingerprint density at radius 1 is 0.568 bits per heavy atom. The summed E-state index contributed by atoms with van der Waals surface area (Å²) < 4.78 is 2.21. The summed E-state index contributed by atoms with van der Waals surface area (Å²) in [6.45, 7) is 4.61. The van der Waals surface area contributed by atoms with E-state index in [9.17, 15) is 0 Å². The highest BCUT2D eigenvalue weighted by molar-refractivity contribution is 5.43. The summed E-state index contributed by atoms with van der Waals surface area (Å²) in [6.07, 6.45) is 38.4. The van der Waals surface area contributed by atoms with Crippen molar-refractivity contribution in [2.24, 2.45) is 0 Å². The first-order chi connectivity index (χ1) is 18.4.